The molecule has 0 spiro atoms. The molecule has 9 heteroatoms. The molecule has 4 N–H and O–H groups in total. The summed E-state index contributed by atoms with van der Waals surface area (Å²) < 4.78 is 1.61. The molecule has 3 aromatic rings. The predicted molar refractivity (Wildman–Crippen MR) is 107 cm³/mol. The zero-order chi connectivity index (χ0) is 19.7. The first-order chi connectivity index (χ1) is 13.5. The van der Waals surface area contributed by atoms with E-state index in [9.17, 15) is 14.7 Å². The summed E-state index contributed by atoms with van der Waals surface area (Å²) in [5.74, 6) is 1.11. The highest BCUT2D eigenvalue weighted by atomic mass is 16.3. The average molecular weight is 382 g/mol. The first-order valence-corrected chi connectivity index (χ1v) is 9.36. The first kappa shape index (κ1) is 18.2. The van der Waals surface area contributed by atoms with Gasteiger partial charge in [-0.2, -0.15) is 0 Å². The molecule has 0 unspecified atom stereocenters. The minimum Gasteiger partial charge on any atom is -0.391 e. The van der Waals surface area contributed by atoms with Crippen molar-refractivity contribution >= 4 is 28.4 Å². The summed E-state index contributed by atoms with van der Waals surface area (Å²) in [4.78, 5) is 35.6. The van der Waals surface area contributed by atoms with Gasteiger partial charge in [0.05, 0.1) is 17.5 Å². The third-order valence-corrected chi connectivity index (χ3v) is 5.02. The van der Waals surface area contributed by atoms with Crippen LogP contribution >= 0.6 is 0 Å². The zero-order valence-corrected chi connectivity index (χ0v) is 15.5. The van der Waals surface area contributed by atoms with Crippen LogP contribution < -0.4 is 21.8 Å². The molecule has 0 saturated heterocycles. The van der Waals surface area contributed by atoms with Crippen LogP contribution in [0.4, 0.5) is 17.6 Å². The Kier molecular flexibility index (Phi) is 4.82. The molecule has 146 valence electrons. The number of aromatic amines is 1. The smallest absolute Gasteiger partial charge is 0.262 e. The summed E-state index contributed by atoms with van der Waals surface area (Å²) in [6, 6.07) is 4.75. The molecule has 1 aliphatic carbocycles. The van der Waals surface area contributed by atoms with Crippen LogP contribution in [0.15, 0.2) is 40.2 Å². The topological polar surface area (TPSA) is 125 Å². The second kappa shape index (κ2) is 7.43. The first-order valence-electron chi connectivity index (χ1n) is 9.36. The van der Waals surface area contributed by atoms with E-state index in [0.29, 0.717) is 29.0 Å². The molecule has 0 aliphatic heterocycles. The number of hydrogen-bond acceptors (Lipinski definition) is 7. The summed E-state index contributed by atoms with van der Waals surface area (Å²) in [6.07, 6.45) is 5.12. The Morgan fingerprint density at radius 1 is 1.32 bits per heavy atom. The second-order valence-corrected chi connectivity index (χ2v) is 6.88. The summed E-state index contributed by atoms with van der Waals surface area (Å²) in [5.41, 5.74) is -0.420. The summed E-state index contributed by atoms with van der Waals surface area (Å²) >= 11 is 0. The van der Waals surface area contributed by atoms with E-state index in [1.54, 1.807) is 16.8 Å². The largest absolute Gasteiger partial charge is 0.391 e. The van der Waals surface area contributed by atoms with Crippen LogP contribution in [-0.4, -0.2) is 36.8 Å². The zero-order valence-electron chi connectivity index (χ0n) is 15.5. The Hall–Kier alpha value is -3.20. The van der Waals surface area contributed by atoms with Gasteiger partial charge in [-0.25, -0.2) is 9.97 Å². The Morgan fingerprint density at radius 2 is 2.18 bits per heavy atom. The fraction of sp³-hybridized carbons (Fsp3) is 0.368. The van der Waals surface area contributed by atoms with Crippen molar-refractivity contribution in [2.75, 3.05) is 10.6 Å². The lowest BCUT2D eigenvalue weighted by atomic mass is 10.1. The van der Waals surface area contributed by atoms with Gasteiger partial charge in [0.2, 0.25) is 5.95 Å². The van der Waals surface area contributed by atoms with Gasteiger partial charge in [-0.3, -0.25) is 14.6 Å². The van der Waals surface area contributed by atoms with Gasteiger partial charge in [0.15, 0.2) is 0 Å². The van der Waals surface area contributed by atoms with Crippen molar-refractivity contribution in [2.45, 2.75) is 44.9 Å². The van der Waals surface area contributed by atoms with E-state index in [2.05, 4.69) is 25.6 Å². The van der Waals surface area contributed by atoms with E-state index in [4.69, 9.17) is 0 Å². The number of pyridine rings is 2. The highest BCUT2D eigenvalue weighted by Gasteiger charge is 2.26. The lowest BCUT2D eigenvalue weighted by Crippen LogP contribution is -2.30. The number of fused-ring (bicyclic) bond motifs is 1. The molecule has 0 aromatic carbocycles. The van der Waals surface area contributed by atoms with E-state index in [1.807, 2.05) is 13.0 Å². The molecule has 9 nitrogen and oxygen atoms in total. The van der Waals surface area contributed by atoms with Crippen LogP contribution in [0, 0.1) is 0 Å². The molecule has 1 aliphatic rings. The molecule has 2 atom stereocenters. The van der Waals surface area contributed by atoms with Crippen molar-refractivity contribution in [3.8, 4) is 0 Å². The Balaban J connectivity index is 1.81. The van der Waals surface area contributed by atoms with Crippen LogP contribution in [-0.2, 0) is 6.54 Å². The fourth-order valence-electron chi connectivity index (χ4n) is 3.56. The van der Waals surface area contributed by atoms with Crippen molar-refractivity contribution in [3.05, 3.63) is 51.3 Å². The lowest BCUT2D eigenvalue weighted by molar-refractivity contribution is 0.171. The monoisotopic (exact) mass is 382 g/mol. The third kappa shape index (κ3) is 3.48. The number of aryl methyl sites for hydroxylation is 1. The van der Waals surface area contributed by atoms with E-state index >= 15 is 0 Å². The number of H-pyrrole nitrogens is 1. The van der Waals surface area contributed by atoms with Crippen LogP contribution in [0.1, 0.15) is 26.2 Å². The molecular formula is C19H22N6O3. The second-order valence-electron chi connectivity index (χ2n) is 6.88. The molecule has 0 radical (unpaired) electrons. The molecular weight excluding hydrogens is 360 g/mol. The maximum absolute atomic E-state index is 12.9. The Morgan fingerprint density at radius 3 is 2.89 bits per heavy atom. The van der Waals surface area contributed by atoms with Gasteiger partial charge >= 0.3 is 0 Å². The normalized spacial score (nSPS) is 19.1. The molecule has 4 rings (SSSR count). The number of rotatable bonds is 5. The number of anilines is 3. The Labute approximate surface area is 160 Å². The van der Waals surface area contributed by atoms with E-state index in [-0.39, 0.29) is 23.1 Å². The molecule has 3 aromatic heterocycles. The molecule has 28 heavy (non-hydrogen) atoms. The fourth-order valence-corrected chi connectivity index (χ4v) is 3.56. The summed E-state index contributed by atoms with van der Waals surface area (Å²) in [5, 5.41) is 17.6. The third-order valence-electron chi connectivity index (χ3n) is 5.02. The summed E-state index contributed by atoms with van der Waals surface area (Å²) in [6.45, 7) is 2.46. The molecule has 1 fully saturated rings. The van der Waals surface area contributed by atoms with Crippen molar-refractivity contribution in [1.82, 2.24) is 19.5 Å². The van der Waals surface area contributed by atoms with E-state index in [0.717, 1.165) is 19.3 Å². The van der Waals surface area contributed by atoms with Crippen LogP contribution in [0.2, 0.25) is 0 Å². The van der Waals surface area contributed by atoms with Gasteiger partial charge in [-0.05, 0) is 43.7 Å². The predicted octanol–water partition coefficient (Wildman–Crippen LogP) is 1.57. The number of nitrogens with one attached hydrogen (secondary N) is 3. The van der Waals surface area contributed by atoms with Gasteiger partial charge in [0, 0.05) is 25.0 Å². The van der Waals surface area contributed by atoms with Crippen LogP contribution in [0.3, 0.4) is 0 Å². The van der Waals surface area contributed by atoms with Crippen molar-refractivity contribution in [1.29, 1.82) is 0 Å². The van der Waals surface area contributed by atoms with Gasteiger partial charge < -0.3 is 20.3 Å². The maximum Gasteiger partial charge on any atom is 0.262 e. The number of aromatic nitrogens is 4. The maximum atomic E-state index is 12.9. The van der Waals surface area contributed by atoms with Crippen molar-refractivity contribution in [3.63, 3.8) is 0 Å². The SMILES string of the molecule is CCn1ccc2cc(Nc3nccc(=O)[nH]3)nc(N[C@H]3CCC[C@H]3O)c2c1=O. The van der Waals surface area contributed by atoms with E-state index < -0.39 is 6.10 Å². The highest BCUT2D eigenvalue weighted by molar-refractivity contribution is 5.93. The highest BCUT2D eigenvalue weighted by Crippen LogP contribution is 2.27. The Bertz CT molecular complexity index is 1120. The van der Waals surface area contributed by atoms with Gasteiger partial charge in [0.1, 0.15) is 11.6 Å². The van der Waals surface area contributed by atoms with Crippen molar-refractivity contribution < 1.29 is 5.11 Å². The molecule has 0 bridgehead atoms. The van der Waals surface area contributed by atoms with Gasteiger partial charge in [0.25, 0.3) is 11.1 Å². The quantitative estimate of drug-likeness (QED) is 0.528. The number of aliphatic hydroxyl groups is 1. The molecule has 0 amide bonds. The van der Waals surface area contributed by atoms with Crippen molar-refractivity contribution in [2.24, 2.45) is 0 Å². The number of hydrogen-bond donors (Lipinski definition) is 4. The number of aliphatic hydroxyl groups excluding tert-OH is 1. The summed E-state index contributed by atoms with van der Waals surface area (Å²) in [7, 11) is 0. The van der Waals surface area contributed by atoms with Gasteiger partial charge in [-0.1, -0.05) is 0 Å². The standard InChI is InChI=1S/C19H22N6O3/c1-2-25-9-7-11-10-14(23-19-20-8-6-15(27)24-19)22-17(16(11)18(25)28)21-12-4-3-5-13(12)26/h6-10,12-13,26H,2-5H2,1H3,(H3,20,21,22,23,24,27)/t12-,13+/m0/s1. The minimum absolute atomic E-state index is 0.139. The molecule has 1 saturated carbocycles. The van der Waals surface area contributed by atoms with Gasteiger partial charge in [-0.15, -0.1) is 0 Å². The van der Waals surface area contributed by atoms with Crippen LogP contribution in [0.5, 0.6) is 0 Å². The molecule has 3 heterocycles. The number of nitrogens with zero attached hydrogens (tertiary/aromatic N) is 3. The lowest BCUT2D eigenvalue weighted by Gasteiger charge is -2.19. The van der Waals surface area contributed by atoms with Crippen LogP contribution in [0.25, 0.3) is 10.8 Å². The van der Waals surface area contributed by atoms with E-state index in [1.165, 1.54) is 12.3 Å². The average Bonchev–Trinajstić information content (AvgIpc) is 3.06. The minimum atomic E-state index is -0.474.